The molecule has 0 aliphatic rings. The number of furan rings is 1. The van der Waals surface area contributed by atoms with Crippen LogP contribution in [0.2, 0.25) is 0 Å². The molecular formula is C20H21N3O2. The number of nitrogens with one attached hydrogen (secondary N) is 1. The molecule has 1 amide bonds. The minimum Gasteiger partial charge on any atom is -0.467 e. The summed E-state index contributed by atoms with van der Waals surface area (Å²) in [6, 6.07) is 17.6. The number of hydrogen-bond acceptors (Lipinski definition) is 4. The Hall–Kier alpha value is -3.08. The van der Waals surface area contributed by atoms with Gasteiger partial charge in [0.2, 0.25) is 0 Å². The quantitative estimate of drug-likeness (QED) is 0.716. The van der Waals surface area contributed by atoms with Gasteiger partial charge >= 0.3 is 0 Å². The highest BCUT2D eigenvalue weighted by atomic mass is 16.3. The summed E-state index contributed by atoms with van der Waals surface area (Å²) < 4.78 is 5.20. The molecule has 0 saturated carbocycles. The number of carbonyl (C=O) groups excluding carboxylic acids is 1. The minimum atomic E-state index is -0.165. The van der Waals surface area contributed by atoms with Gasteiger partial charge in [-0.05, 0) is 36.8 Å². The van der Waals surface area contributed by atoms with Crippen molar-refractivity contribution < 1.29 is 9.21 Å². The SMILES string of the molecule is CCN(Cc1ccccc1)c1ccc(C(=O)NCc2ccco2)cn1. The lowest BCUT2D eigenvalue weighted by molar-refractivity contribution is 0.0947. The zero-order valence-corrected chi connectivity index (χ0v) is 14.2. The van der Waals surface area contributed by atoms with Crippen molar-refractivity contribution in [3.8, 4) is 0 Å². The van der Waals surface area contributed by atoms with Crippen LogP contribution in [0.1, 0.15) is 28.6 Å². The van der Waals surface area contributed by atoms with E-state index in [4.69, 9.17) is 4.42 Å². The summed E-state index contributed by atoms with van der Waals surface area (Å²) >= 11 is 0. The van der Waals surface area contributed by atoms with E-state index in [1.807, 2.05) is 30.3 Å². The molecule has 0 aliphatic carbocycles. The number of rotatable bonds is 7. The van der Waals surface area contributed by atoms with Crippen LogP contribution in [0.25, 0.3) is 0 Å². The molecule has 5 nitrogen and oxygen atoms in total. The molecule has 5 heteroatoms. The van der Waals surface area contributed by atoms with Crippen molar-refractivity contribution in [1.29, 1.82) is 0 Å². The molecule has 0 fully saturated rings. The second kappa shape index (κ2) is 8.15. The van der Waals surface area contributed by atoms with Gasteiger partial charge in [-0.2, -0.15) is 0 Å². The molecule has 25 heavy (non-hydrogen) atoms. The maximum atomic E-state index is 12.2. The molecule has 1 N–H and O–H groups in total. The lowest BCUT2D eigenvalue weighted by Gasteiger charge is -2.22. The number of hydrogen-bond donors (Lipinski definition) is 1. The topological polar surface area (TPSA) is 58.4 Å². The van der Waals surface area contributed by atoms with Gasteiger partial charge in [0.05, 0.1) is 18.4 Å². The number of carbonyl (C=O) groups is 1. The van der Waals surface area contributed by atoms with E-state index in [1.54, 1.807) is 24.6 Å². The van der Waals surface area contributed by atoms with Gasteiger partial charge in [0.15, 0.2) is 0 Å². The number of aromatic nitrogens is 1. The molecular weight excluding hydrogens is 314 g/mol. The van der Waals surface area contributed by atoms with E-state index in [1.165, 1.54) is 5.56 Å². The monoisotopic (exact) mass is 335 g/mol. The van der Waals surface area contributed by atoms with Crippen LogP contribution < -0.4 is 10.2 Å². The van der Waals surface area contributed by atoms with E-state index >= 15 is 0 Å². The number of benzene rings is 1. The van der Waals surface area contributed by atoms with E-state index in [-0.39, 0.29) is 5.91 Å². The Kier molecular flexibility index (Phi) is 5.46. The summed E-state index contributed by atoms with van der Waals surface area (Å²) in [6.45, 7) is 4.08. The fourth-order valence-corrected chi connectivity index (χ4v) is 2.55. The standard InChI is InChI=1S/C20H21N3O2/c1-2-23(15-16-7-4-3-5-8-16)19-11-10-17(13-21-19)20(24)22-14-18-9-6-12-25-18/h3-13H,2,14-15H2,1H3,(H,22,24). The smallest absolute Gasteiger partial charge is 0.253 e. The van der Waals surface area contributed by atoms with E-state index in [9.17, 15) is 4.79 Å². The first-order chi connectivity index (χ1) is 12.3. The number of pyridine rings is 1. The lowest BCUT2D eigenvalue weighted by atomic mass is 10.2. The molecule has 3 rings (SSSR count). The summed E-state index contributed by atoms with van der Waals surface area (Å²) in [5.41, 5.74) is 1.76. The fraction of sp³-hybridized carbons (Fsp3) is 0.200. The predicted molar refractivity (Wildman–Crippen MR) is 97.3 cm³/mol. The second-order valence-electron chi connectivity index (χ2n) is 5.67. The molecule has 0 bridgehead atoms. The van der Waals surface area contributed by atoms with Gasteiger partial charge < -0.3 is 14.6 Å². The zero-order valence-electron chi connectivity index (χ0n) is 14.2. The highest BCUT2D eigenvalue weighted by molar-refractivity contribution is 5.93. The van der Waals surface area contributed by atoms with Gasteiger partial charge in [0, 0.05) is 19.3 Å². The highest BCUT2D eigenvalue weighted by Crippen LogP contribution is 2.15. The molecule has 0 aliphatic heterocycles. The van der Waals surface area contributed by atoms with Gasteiger partial charge in [0.25, 0.3) is 5.91 Å². The first-order valence-electron chi connectivity index (χ1n) is 8.31. The van der Waals surface area contributed by atoms with Crippen LogP contribution in [0, 0.1) is 0 Å². The van der Waals surface area contributed by atoms with E-state index < -0.39 is 0 Å². The molecule has 2 heterocycles. The number of amides is 1. The van der Waals surface area contributed by atoms with Crippen LogP contribution in [-0.4, -0.2) is 17.4 Å². The van der Waals surface area contributed by atoms with Crippen molar-refractivity contribution in [2.45, 2.75) is 20.0 Å². The Morgan fingerprint density at radius 2 is 1.96 bits per heavy atom. The number of nitrogens with zero attached hydrogens (tertiary/aromatic N) is 2. The molecule has 0 spiro atoms. The first kappa shape index (κ1) is 16.8. The Bertz CT molecular complexity index is 784. The second-order valence-corrected chi connectivity index (χ2v) is 5.67. The third-order valence-corrected chi connectivity index (χ3v) is 3.94. The van der Waals surface area contributed by atoms with E-state index in [2.05, 4.69) is 34.3 Å². The van der Waals surface area contributed by atoms with Gasteiger partial charge in [0.1, 0.15) is 11.6 Å². The molecule has 3 aromatic rings. The van der Waals surface area contributed by atoms with Crippen molar-refractivity contribution in [2.75, 3.05) is 11.4 Å². The Morgan fingerprint density at radius 1 is 1.12 bits per heavy atom. The van der Waals surface area contributed by atoms with E-state index in [0.29, 0.717) is 12.1 Å². The van der Waals surface area contributed by atoms with Crippen molar-refractivity contribution in [3.05, 3.63) is 83.9 Å². The largest absolute Gasteiger partial charge is 0.467 e. The first-order valence-corrected chi connectivity index (χ1v) is 8.31. The van der Waals surface area contributed by atoms with Crippen LogP contribution in [0.3, 0.4) is 0 Å². The lowest BCUT2D eigenvalue weighted by Crippen LogP contribution is -2.25. The maximum Gasteiger partial charge on any atom is 0.253 e. The highest BCUT2D eigenvalue weighted by Gasteiger charge is 2.10. The molecule has 128 valence electrons. The van der Waals surface area contributed by atoms with Crippen molar-refractivity contribution in [1.82, 2.24) is 10.3 Å². The normalized spacial score (nSPS) is 10.4. The van der Waals surface area contributed by atoms with Crippen LogP contribution >= 0.6 is 0 Å². The van der Waals surface area contributed by atoms with Crippen molar-refractivity contribution in [3.63, 3.8) is 0 Å². The molecule has 0 atom stereocenters. The molecule has 0 unspecified atom stereocenters. The summed E-state index contributed by atoms with van der Waals surface area (Å²) in [4.78, 5) is 18.8. The molecule has 0 radical (unpaired) electrons. The molecule has 2 aromatic heterocycles. The van der Waals surface area contributed by atoms with E-state index in [0.717, 1.165) is 24.7 Å². The summed E-state index contributed by atoms with van der Waals surface area (Å²) in [7, 11) is 0. The zero-order chi connectivity index (χ0) is 17.5. The Labute approximate surface area is 147 Å². The summed E-state index contributed by atoms with van der Waals surface area (Å²) in [5.74, 6) is 1.41. The van der Waals surface area contributed by atoms with Gasteiger partial charge in [-0.25, -0.2) is 4.98 Å². The Morgan fingerprint density at radius 3 is 2.60 bits per heavy atom. The minimum absolute atomic E-state index is 0.165. The van der Waals surface area contributed by atoms with Gasteiger partial charge in [-0.15, -0.1) is 0 Å². The van der Waals surface area contributed by atoms with Gasteiger partial charge in [-0.3, -0.25) is 4.79 Å². The van der Waals surface area contributed by atoms with Crippen LogP contribution in [0.15, 0.2) is 71.5 Å². The maximum absolute atomic E-state index is 12.2. The number of anilines is 1. The van der Waals surface area contributed by atoms with Gasteiger partial charge in [-0.1, -0.05) is 30.3 Å². The van der Waals surface area contributed by atoms with Crippen LogP contribution in [0.4, 0.5) is 5.82 Å². The Balaban J connectivity index is 1.62. The molecule has 1 aromatic carbocycles. The van der Waals surface area contributed by atoms with Crippen LogP contribution in [0.5, 0.6) is 0 Å². The third-order valence-electron chi connectivity index (χ3n) is 3.94. The molecule has 0 saturated heterocycles. The third kappa shape index (κ3) is 4.47. The average molecular weight is 335 g/mol. The summed E-state index contributed by atoms with van der Waals surface area (Å²) in [5, 5.41) is 2.82. The van der Waals surface area contributed by atoms with Crippen molar-refractivity contribution in [2.24, 2.45) is 0 Å². The van der Waals surface area contributed by atoms with Crippen molar-refractivity contribution >= 4 is 11.7 Å². The predicted octanol–water partition coefficient (Wildman–Crippen LogP) is 3.63. The summed E-state index contributed by atoms with van der Waals surface area (Å²) in [6.07, 6.45) is 3.20. The van der Waals surface area contributed by atoms with Crippen LogP contribution in [-0.2, 0) is 13.1 Å². The fourth-order valence-electron chi connectivity index (χ4n) is 2.55. The average Bonchev–Trinajstić information content (AvgIpc) is 3.19.